The van der Waals surface area contributed by atoms with Crippen molar-refractivity contribution in [1.29, 1.82) is 0 Å². The Kier molecular flexibility index (Phi) is 3.80. The van der Waals surface area contributed by atoms with Crippen molar-refractivity contribution in [1.82, 2.24) is 4.31 Å². The highest BCUT2D eigenvalue weighted by Crippen LogP contribution is 2.49. The molecule has 7 heteroatoms. The molecule has 0 unspecified atom stereocenters. The van der Waals surface area contributed by atoms with E-state index in [4.69, 9.17) is 4.74 Å². The molecule has 5 rings (SSSR count). The van der Waals surface area contributed by atoms with E-state index in [9.17, 15) is 8.42 Å². The van der Waals surface area contributed by atoms with Gasteiger partial charge in [-0.1, -0.05) is 63.4 Å². The van der Waals surface area contributed by atoms with E-state index in [2.05, 4.69) is 45.2 Å². The molecule has 4 aliphatic heterocycles. The van der Waals surface area contributed by atoms with Crippen molar-refractivity contribution in [3.05, 3.63) is 30.3 Å². The average molecular weight is 531 g/mol. The lowest BCUT2D eigenvalue weighted by Crippen LogP contribution is -2.72. The third-order valence-corrected chi connectivity index (χ3v) is 9.94. The van der Waals surface area contributed by atoms with Crippen LogP contribution in [0.1, 0.15) is 12.8 Å². The maximum Gasteiger partial charge on any atom is 0.243 e. The maximum atomic E-state index is 13.1. The van der Waals surface area contributed by atoms with Crippen LogP contribution in [-0.2, 0) is 14.8 Å². The summed E-state index contributed by atoms with van der Waals surface area (Å²) in [6, 6.07) is 8.96. The van der Waals surface area contributed by atoms with Gasteiger partial charge in [-0.2, -0.15) is 4.31 Å². The molecule has 4 bridgehead atoms. The maximum absolute atomic E-state index is 13.1. The number of alkyl halides is 2. The zero-order valence-corrected chi connectivity index (χ0v) is 16.2. The van der Waals surface area contributed by atoms with Gasteiger partial charge in [0.15, 0.2) is 0 Å². The molecule has 0 saturated carbocycles. The lowest BCUT2D eigenvalue weighted by molar-refractivity contribution is -0.144. The summed E-state index contributed by atoms with van der Waals surface area (Å²) in [5.41, 5.74) is 0. The Morgan fingerprint density at radius 1 is 1.00 bits per heavy atom. The number of nitrogens with zero attached hydrogens (tertiary/aromatic N) is 1. The van der Waals surface area contributed by atoms with Crippen LogP contribution < -0.4 is 0 Å². The van der Waals surface area contributed by atoms with Crippen molar-refractivity contribution in [2.45, 2.75) is 49.9 Å². The molecule has 0 aromatic heterocycles. The molecule has 1 aromatic rings. The molecule has 0 N–H and O–H groups in total. The Labute approximate surface area is 151 Å². The second-order valence-electron chi connectivity index (χ2n) is 5.86. The molecule has 4 saturated heterocycles. The number of hydrogen-bond acceptors (Lipinski definition) is 3. The fraction of sp³-hybridized carbons (Fsp3) is 0.571. The lowest BCUT2D eigenvalue weighted by Gasteiger charge is -2.59. The van der Waals surface area contributed by atoms with Crippen LogP contribution in [0.2, 0.25) is 0 Å². The van der Waals surface area contributed by atoms with Gasteiger partial charge in [0.2, 0.25) is 10.0 Å². The van der Waals surface area contributed by atoms with Crippen LogP contribution in [0.3, 0.4) is 0 Å². The van der Waals surface area contributed by atoms with Gasteiger partial charge in [-0.3, -0.25) is 0 Å². The van der Waals surface area contributed by atoms with E-state index in [0.717, 1.165) is 12.8 Å². The van der Waals surface area contributed by atoms with Crippen LogP contribution in [0.25, 0.3) is 0 Å². The molecule has 0 spiro atoms. The molecule has 4 fully saturated rings. The van der Waals surface area contributed by atoms with Gasteiger partial charge in [-0.15, -0.1) is 0 Å². The highest BCUT2D eigenvalue weighted by molar-refractivity contribution is 14.1. The van der Waals surface area contributed by atoms with Crippen molar-refractivity contribution in [3.63, 3.8) is 0 Å². The topological polar surface area (TPSA) is 46.6 Å². The van der Waals surface area contributed by atoms with Gasteiger partial charge >= 0.3 is 0 Å². The number of benzene rings is 1. The van der Waals surface area contributed by atoms with Crippen LogP contribution in [0.5, 0.6) is 0 Å². The second-order valence-corrected chi connectivity index (χ2v) is 10.6. The Hall–Kier alpha value is 0.550. The number of hydrogen-bond donors (Lipinski definition) is 0. The van der Waals surface area contributed by atoms with Gasteiger partial charge in [-0.05, 0) is 25.0 Å². The molecule has 6 atom stereocenters. The third-order valence-electron chi connectivity index (χ3n) is 4.72. The van der Waals surface area contributed by atoms with E-state index in [1.807, 2.05) is 6.07 Å². The summed E-state index contributed by atoms with van der Waals surface area (Å²) in [6.07, 6.45) is 2.07. The number of rotatable bonds is 2. The summed E-state index contributed by atoms with van der Waals surface area (Å²) in [5.74, 6) is 0. The first kappa shape index (κ1) is 15.1. The van der Waals surface area contributed by atoms with Crippen LogP contribution in [0, 0.1) is 0 Å². The highest BCUT2D eigenvalue weighted by atomic mass is 127. The minimum Gasteiger partial charge on any atom is -0.373 e. The van der Waals surface area contributed by atoms with Gasteiger partial charge in [0.1, 0.15) is 0 Å². The molecule has 0 amide bonds. The van der Waals surface area contributed by atoms with E-state index < -0.39 is 10.0 Å². The van der Waals surface area contributed by atoms with E-state index >= 15 is 0 Å². The fourth-order valence-corrected chi connectivity index (χ4v) is 8.32. The second kappa shape index (κ2) is 5.29. The number of piperidine rings is 2. The van der Waals surface area contributed by atoms with Crippen molar-refractivity contribution in [2.75, 3.05) is 0 Å². The molecular weight excluding hydrogens is 516 g/mol. The van der Waals surface area contributed by atoms with Crippen molar-refractivity contribution < 1.29 is 13.2 Å². The van der Waals surface area contributed by atoms with Crippen LogP contribution in [0.15, 0.2) is 35.2 Å². The molecule has 21 heavy (non-hydrogen) atoms. The first-order chi connectivity index (χ1) is 10.00. The van der Waals surface area contributed by atoms with E-state index in [1.54, 1.807) is 28.6 Å². The zero-order valence-electron chi connectivity index (χ0n) is 11.1. The van der Waals surface area contributed by atoms with Gasteiger partial charge in [0.25, 0.3) is 0 Å². The van der Waals surface area contributed by atoms with Gasteiger partial charge in [0, 0.05) is 12.1 Å². The first-order valence-corrected chi connectivity index (χ1v) is 11.0. The van der Waals surface area contributed by atoms with E-state index in [0.29, 0.717) is 4.90 Å². The minimum atomic E-state index is -3.42. The molecule has 0 aliphatic carbocycles. The number of sulfonamides is 1. The Morgan fingerprint density at radius 3 is 2.05 bits per heavy atom. The minimum absolute atomic E-state index is 0.0734. The number of halogens is 2. The normalized spacial score (nSPS) is 42.4. The molecule has 4 heterocycles. The molecule has 0 radical (unpaired) electrons. The predicted octanol–water partition coefficient (Wildman–Crippen LogP) is 2.60. The summed E-state index contributed by atoms with van der Waals surface area (Å²) in [5, 5.41) is 0. The molecule has 114 valence electrons. The Morgan fingerprint density at radius 2 is 1.52 bits per heavy atom. The fourth-order valence-electron chi connectivity index (χ4n) is 3.78. The smallest absolute Gasteiger partial charge is 0.243 e. The van der Waals surface area contributed by atoms with Crippen LogP contribution in [-0.4, -0.2) is 44.9 Å². The molecule has 4 nitrogen and oxygen atoms in total. The van der Waals surface area contributed by atoms with E-state index in [1.165, 1.54) is 0 Å². The largest absolute Gasteiger partial charge is 0.373 e. The Balaban J connectivity index is 1.78. The van der Waals surface area contributed by atoms with Crippen molar-refractivity contribution in [3.8, 4) is 0 Å². The average Bonchev–Trinajstić information content (AvgIpc) is 2.46. The summed E-state index contributed by atoms with van der Waals surface area (Å²) in [4.78, 5) is 0.408. The summed E-state index contributed by atoms with van der Waals surface area (Å²) in [7, 11) is -3.42. The SMILES string of the molecule is O=S(=O)(c1ccccc1)N1[C@@H]2C[C@H]3O[C@H](C[C@@H]1[C@@H]3I)[C@H]2I. The standard InChI is InChI=1S/C14H15I2NO3S/c15-13-9-6-11-14(16)10(7-12(13)20-11)17(9)21(18,19)8-4-2-1-3-5-8/h1-5,9-14H,6-7H2/t9-,10-,11-,12-,13+,14+/m1/s1. The van der Waals surface area contributed by atoms with Crippen LogP contribution in [0.4, 0.5) is 0 Å². The monoisotopic (exact) mass is 531 g/mol. The summed E-state index contributed by atoms with van der Waals surface area (Å²) >= 11 is 4.75. The third kappa shape index (κ3) is 2.21. The van der Waals surface area contributed by atoms with Gasteiger partial charge in [-0.25, -0.2) is 8.42 Å². The first-order valence-electron chi connectivity index (χ1n) is 7.02. The lowest BCUT2D eigenvalue weighted by atomic mass is 9.80. The van der Waals surface area contributed by atoms with Gasteiger partial charge < -0.3 is 4.74 Å². The van der Waals surface area contributed by atoms with Crippen LogP contribution >= 0.6 is 45.2 Å². The summed E-state index contributed by atoms with van der Waals surface area (Å²) < 4.78 is 34.6. The predicted molar refractivity (Wildman–Crippen MR) is 96.6 cm³/mol. The Bertz CT molecular complexity index is 631. The zero-order chi connectivity index (χ0) is 14.8. The summed E-state index contributed by atoms with van der Waals surface area (Å²) in [6.45, 7) is 0. The highest BCUT2D eigenvalue weighted by Gasteiger charge is 2.59. The molecule has 1 aromatic carbocycles. The molecule has 4 aliphatic rings. The quantitative estimate of drug-likeness (QED) is 0.436. The van der Waals surface area contributed by atoms with Crippen molar-refractivity contribution in [2.24, 2.45) is 0 Å². The van der Waals surface area contributed by atoms with Gasteiger partial charge in [0.05, 0.1) is 25.0 Å². The van der Waals surface area contributed by atoms with E-state index in [-0.39, 0.29) is 32.1 Å². The van der Waals surface area contributed by atoms with Crippen molar-refractivity contribution >= 4 is 55.2 Å². The molecular formula is C14H15I2NO3S. The number of ether oxygens (including phenoxy) is 1.